The van der Waals surface area contributed by atoms with Crippen molar-refractivity contribution in [1.82, 2.24) is 4.57 Å². The molecule has 0 bridgehead atoms. The summed E-state index contributed by atoms with van der Waals surface area (Å²) in [4.78, 5) is 2.40. The monoisotopic (exact) mass is 626 g/mol. The Morgan fingerprint density at radius 3 is 1.98 bits per heavy atom. The van der Waals surface area contributed by atoms with E-state index in [4.69, 9.17) is 4.42 Å². The fourth-order valence-corrected chi connectivity index (χ4v) is 7.67. The second-order valence-electron chi connectivity index (χ2n) is 12.5. The Kier molecular flexibility index (Phi) is 6.18. The van der Waals surface area contributed by atoms with E-state index in [2.05, 4.69) is 185 Å². The van der Waals surface area contributed by atoms with Crippen LogP contribution >= 0.6 is 0 Å². The number of anilines is 3. The average Bonchev–Trinajstić information content (AvgIpc) is 3.71. The first-order chi connectivity index (χ1) is 24.3. The molecule has 0 unspecified atom stereocenters. The van der Waals surface area contributed by atoms with Gasteiger partial charge in [0, 0.05) is 49.6 Å². The third-order valence-corrected chi connectivity index (χ3v) is 9.76. The topological polar surface area (TPSA) is 21.3 Å². The van der Waals surface area contributed by atoms with E-state index in [1.807, 2.05) is 6.07 Å². The van der Waals surface area contributed by atoms with Crippen molar-refractivity contribution in [2.75, 3.05) is 4.90 Å². The van der Waals surface area contributed by atoms with E-state index < -0.39 is 0 Å². The van der Waals surface area contributed by atoms with Gasteiger partial charge in [-0.05, 0) is 71.6 Å². The predicted molar refractivity (Wildman–Crippen MR) is 206 cm³/mol. The lowest BCUT2D eigenvalue weighted by Crippen LogP contribution is -2.11. The van der Waals surface area contributed by atoms with E-state index in [0.29, 0.717) is 0 Å². The van der Waals surface area contributed by atoms with Gasteiger partial charge in [-0.25, -0.2) is 0 Å². The molecule has 10 aromatic rings. The van der Waals surface area contributed by atoms with E-state index in [1.54, 1.807) is 0 Å². The highest BCUT2D eigenvalue weighted by Gasteiger charge is 2.22. The van der Waals surface area contributed by atoms with Crippen LogP contribution in [0.25, 0.3) is 71.3 Å². The van der Waals surface area contributed by atoms with Crippen LogP contribution in [0.4, 0.5) is 17.1 Å². The van der Waals surface area contributed by atoms with Crippen LogP contribution in [-0.4, -0.2) is 4.57 Å². The Bertz CT molecular complexity index is 2830. The van der Waals surface area contributed by atoms with Gasteiger partial charge in [0.1, 0.15) is 11.2 Å². The molecule has 8 aromatic carbocycles. The van der Waals surface area contributed by atoms with Crippen LogP contribution in [0.1, 0.15) is 0 Å². The van der Waals surface area contributed by atoms with Gasteiger partial charge in [-0.1, -0.05) is 121 Å². The lowest BCUT2D eigenvalue weighted by molar-refractivity contribution is 0.669. The van der Waals surface area contributed by atoms with E-state index in [1.165, 1.54) is 38.1 Å². The number of hydrogen-bond acceptors (Lipinski definition) is 2. The molecule has 3 heteroatoms. The number of benzene rings is 8. The molecule has 0 spiro atoms. The fraction of sp³-hybridized carbons (Fsp3) is 0. The average molecular weight is 627 g/mol. The van der Waals surface area contributed by atoms with Gasteiger partial charge in [0.25, 0.3) is 0 Å². The van der Waals surface area contributed by atoms with Crippen LogP contribution in [0.5, 0.6) is 0 Å². The van der Waals surface area contributed by atoms with Gasteiger partial charge in [-0.2, -0.15) is 0 Å². The van der Waals surface area contributed by atoms with Crippen LogP contribution in [0.15, 0.2) is 186 Å². The number of aromatic nitrogens is 1. The molecule has 10 rings (SSSR count). The second kappa shape index (κ2) is 11.0. The maximum atomic E-state index is 6.37. The molecule has 0 aliphatic heterocycles. The highest BCUT2D eigenvalue weighted by molar-refractivity contribution is 6.23. The molecule has 49 heavy (non-hydrogen) atoms. The largest absolute Gasteiger partial charge is 0.456 e. The number of furan rings is 1. The van der Waals surface area contributed by atoms with E-state index in [0.717, 1.165) is 50.3 Å². The van der Waals surface area contributed by atoms with Gasteiger partial charge in [0.2, 0.25) is 0 Å². The Labute approximate surface area is 283 Å². The van der Waals surface area contributed by atoms with Crippen molar-refractivity contribution in [2.24, 2.45) is 0 Å². The minimum absolute atomic E-state index is 0.901. The Morgan fingerprint density at radius 1 is 0.408 bits per heavy atom. The maximum Gasteiger partial charge on any atom is 0.136 e. The third-order valence-electron chi connectivity index (χ3n) is 9.76. The Morgan fingerprint density at radius 2 is 1.10 bits per heavy atom. The summed E-state index contributed by atoms with van der Waals surface area (Å²) in [5, 5.41) is 7.14. The molecule has 0 atom stereocenters. The van der Waals surface area contributed by atoms with Gasteiger partial charge in [0.05, 0.1) is 16.7 Å². The summed E-state index contributed by atoms with van der Waals surface area (Å²) in [7, 11) is 0. The molecule has 3 nitrogen and oxygen atoms in total. The minimum Gasteiger partial charge on any atom is -0.456 e. The number of fused-ring (bicyclic) bond motifs is 8. The number of rotatable bonds is 5. The molecule has 0 N–H and O–H groups in total. The SMILES string of the molecule is c1ccc(N(c2ccc3c4ccccc4n(-c4ccccc4)c3c2)c2ccccc2-c2cccc3ccc4oc5ccccc5c4c23)cc1. The van der Waals surface area contributed by atoms with Crippen LogP contribution < -0.4 is 4.90 Å². The van der Waals surface area contributed by atoms with Crippen LogP contribution in [0.2, 0.25) is 0 Å². The number of nitrogens with zero attached hydrogens (tertiary/aromatic N) is 2. The summed E-state index contributed by atoms with van der Waals surface area (Å²) < 4.78 is 8.75. The van der Waals surface area contributed by atoms with E-state index >= 15 is 0 Å². The predicted octanol–water partition coefficient (Wildman–Crippen LogP) is 13.0. The molecule has 2 aromatic heterocycles. The molecule has 0 radical (unpaired) electrons. The second-order valence-corrected chi connectivity index (χ2v) is 12.5. The summed E-state index contributed by atoms with van der Waals surface area (Å²) in [5.41, 5.74) is 10.9. The molecule has 0 fully saturated rings. The highest BCUT2D eigenvalue weighted by Crippen LogP contribution is 2.46. The number of para-hydroxylation sites is 5. The van der Waals surface area contributed by atoms with Gasteiger partial charge in [-0.15, -0.1) is 0 Å². The van der Waals surface area contributed by atoms with Crippen LogP contribution in [0.3, 0.4) is 0 Å². The van der Waals surface area contributed by atoms with Crippen molar-refractivity contribution in [3.8, 4) is 16.8 Å². The van der Waals surface area contributed by atoms with Crippen LogP contribution in [0, 0.1) is 0 Å². The fourth-order valence-electron chi connectivity index (χ4n) is 7.67. The van der Waals surface area contributed by atoms with Gasteiger partial charge >= 0.3 is 0 Å². The van der Waals surface area contributed by atoms with Crippen molar-refractivity contribution < 1.29 is 4.42 Å². The van der Waals surface area contributed by atoms with Gasteiger partial charge < -0.3 is 13.9 Å². The molecule has 0 aliphatic carbocycles. The third kappa shape index (κ3) is 4.29. The van der Waals surface area contributed by atoms with Crippen molar-refractivity contribution in [1.29, 1.82) is 0 Å². The summed E-state index contributed by atoms with van der Waals surface area (Å²) in [6.45, 7) is 0. The lowest BCUT2D eigenvalue weighted by Gasteiger charge is -2.28. The first-order valence-electron chi connectivity index (χ1n) is 16.7. The summed E-state index contributed by atoms with van der Waals surface area (Å²) in [6.07, 6.45) is 0. The standard InChI is InChI=1S/C46H30N2O/c1-3-15-32(16-4-1)47(34-27-28-37-35-19-7-11-24-41(35)48(42(37)30-34)33-17-5-2-6-18-33)40-23-10-8-20-36(40)38-22-13-14-31-26-29-44-46(45(31)38)39-21-9-12-25-43(39)49-44/h1-30H. The van der Waals surface area contributed by atoms with Crippen molar-refractivity contribution in [3.63, 3.8) is 0 Å². The van der Waals surface area contributed by atoms with Crippen molar-refractivity contribution in [2.45, 2.75) is 0 Å². The van der Waals surface area contributed by atoms with Gasteiger partial charge in [-0.3, -0.25) is 0 Å². The molecule has 2 heterocycles. The molecule has 0 aliphatic rings. The first kappa shape index (κ1) is 27.5. The molecule has 230 valence electrons. The molecule has 0 saturated carbocycles. The maximum absolute atomic E-state index is 6.37. The first-order valence-corrected chi connectivity index (χ1v) is 16.7. The zero-order chi connectivity index (χ0) is 32.3. The quantitative estimate of drug-likeness (QED) is 0.190. The number of hydrogen-bond donors (Lipinski definition) is 0. The lowest BCUT2D eigenvalue weighted by atomic mass is 9.93. The van der Waals surface area contributed by atoms with E-state index in [-0.39, 0.29) is 0 Å². The summed E-state index contributed by atoms with van der Waals surface area (Å²) in [6, 6.07) is 65.0. The Hall–Kier alpha value is -6.58. The molecule has 0 saturated heterocycles. The van der Waals surface area contributed by atoms with Gasteiger partial charge in [0.15, 0.2) is 0 Å². The Balaban J connectivity index is 1.26. The molecular weight excluding hydrogens is 597 g/mol. The minimum atomic E-state index is 0.901. The zero-order valence-corrected chi connectivity index (χ0v) is 26.6. The molecular formula is C46H30N2O. The summed E-state index contributed by atoms with van der Waals surface area (Å²) >= 11 is 0. The molecule has 0 amide bonds. The zero-order valence-electron chi connectivity index (χ0n) is 26.6. The summed E-state index contributed by atoms with van der Waals surface area (Å²) in [5.74, 6) is 0. The van der Waals surface area contributed by atoms with Crippen molar-refractivity contribution in [3.05, 3.63) is 182 Å². The smallest absolute Gasteiger partial charge is 0.136 e. The normalized spacial score (nSPS) is 11.7. The highest BCUT2D eigenvalue weighted by atomic mass is 16.3. The van der Waals surface area contributed by atoms with E-state index in [9.17, 15) is 0 Å². The van der Waals surface area contributed by atoms with Crippen LogP contribution in [-0.2, 0) is 0 Å². The van der Waals surface area contributed by atoms with Crippen molar-refractivity contribution >= 4 is 71.6 Å².